The van der Waals surface area contributed by atoms with E-state index in [1.165, 1.54) is 23.1 Å². The van der Waals surface area contributed by atoms with Crippen molar-refractivity contribution in [2.45, 2.75) is 17.3 Å². The smallest absolute Gasteiger partial charge is 0.188 e. The Morgan fingerprint density at radius 2 is 2.00 bits per heavy atom. The number of hydrogen-bond acceptors (Lipinski definition) is 7. The van der Waals surface area contributed by atoms with Gasteiger partial charge in [0.05, 0.1) is 15.5 Å². The first-order valence-electron chi connectivity index (χ1n) is 6.82. The molecule has 2 aromatic heterocycles. The van der Waals surface area contributed by atoms with Gasteiger partial charge in [-0.1, -0.05) is 23.9 Å². The maximum absolute atomic E-state index is 10.5. The van der Waals surface area contributed by atoms with Crippen LogP contribution in [0.3, 0.4) is 0 Å². The summed E-state index contributed by atoms with van der Waals surface area (Å²) in [5.41, 5.74) is 1.02. The van der Waals surface area contributed by atoms with Gasteiger partial charge in [0.25, 0.3) is 0 Å². The molecule has 0 amide bonds. The van der Waals surface area contributed by atoms with E-state index >= 15 is 0 Å². The number of allylic oxidation sites excluding steroid dienone is 1. The van der Waals surface area contributed by atoms with Gasteiger partial charge in [-0.2, -0.15) is 5.26 Å². The van der Waals surface area contributed by atoms with Crippen molar-refractivity contribution in [3.05, 3.63) is 53.5 Å². The number of benzene rings is 1. The van der Waals surface area contributed by atoms with Crippen LogP contribution in [0.1, 0.15) is 11.9 Å². The number of thioether (sulfide) groups is 1. The summed E-state index contributed by atoms with van der Waals surface area (Å²) in [6.45, 7) is 1.81. The van der Waals surface area contributed by atoms with E-state index in [0.717, 1.165) is 10.2 Å². The Morgan fingerprint density at radius 3 is 2.70 bits per heavy atom. The summed E-state index contributed by atoms with van der Waals surface area (Å²) < 4.78 is 0.981. The van der Waals surface area contributed by atoms with E-state index in [2.05, 4.69) is 21.0 Å². The fraction of sp³-hybridized carbons (Fsp3) is 0.125. The summed E-state index contributed by atoms with van der Waals surface area (Å²) in [7, 11) is 0. The first kappa shape index (κ1) is 15.5. The Hall–Kier alpha value is -2.43. The third-order valence-corrected chi connectivity index (χ3v) is 5.14. The molecule has 1 aromatic carbocycles. The average molecular weight is 340 g/mol. The van der Waals surface area contributed by atoms with Crippen LogP contribution >= 0.6 is 23.1 Å². The van der Waals surface area contributed by atoms with Crippen molar-refractivity contribution in [3.8, 4) is 6.07 Å². The SMILES string of the molecule is CC(Sc1ncccn1)/C(O)=C(\C#N)c1nc2ccccc2s1. The number of aliphatic hydroxyl groups is 1. The lowest BCUT2D eigenvalue weighted by Crippen LogP contribution is -2.05. The molecule has 5 nitrogen and oxygen atoms in total. The number of rotatable bonds is 4. The molecule has 1 N–H and O–H groups in total. The summed E-state index contributed by atoms with van der Waals surface area (Å²) in [4.78, 5) is 12.7. The third-order valence-electron chi connectivity index (χ3n) is 3.09. The quantitative estimate of drug-likeness (QED) is 0.334. The standard InChI is InChI=1S/C16H12N4OS2/c1-10(22-16-18-7-4-8-19-16)14(21)11(9-17)15-20-12-5-2-3-6-13(12)23-15/h2-8,10,21H,1H3/b14-11-. The van der Waals surface area contributed by atoms with Crippen molar-refractivity contribution in [1.29, 1.82) is 5.26 Å². The molecule has 0 aliphatic heterocycles. The highest BCUT2D eigenvalue weighted by molar-refractivity contribution is 7.99. The van der Waals surface area contributed by atoms with Crippen LogP contribution in [0.25, 0.3) is 15.8 Å². The first-order chi connectivity index (χ1) is 11.2. The van der Waals surface area contributed by atoms with E-state index in [4.69, 9.17) is 0 Å². The summed E-state index contributed by atoms with van der Waals surface area (Å²) in [6, 6.07) is 11.4. The number of thiazole rings is 1. The van der Waals surface area contributed by atoms with Crippen molar-refractivity contribution in [2.24, 2.45) is 0 Å². The predicted molar refractivity (Wildman–Crippen MR) is 92.1 cm³/mol. The van der Waals surface area contributed by atoms with E-state index in [-0.39, 0.29) is 16.6 Å². The van der Waals surface area contributed by atoms with Crippen molar-refractivity contribution in [2.75, 3.05) is 0 Å². The summed E-state index contributed by atoms with van der Waals surface area (Å²) in [5, 5.41) is 20.6. The fourth-order valence-electron chi connectivity index (χ4n) is 1.96. The van der Waals surface area contributed by atoms with E-state index < -0.39 is 0 Å². The average Bonchev–Trinajstić information content (AvgIpc) is 3.00. The van der Waals surface area contributed by atoms with Gasteiger partial charge < -0.3 is 5.11 Å². The second-order valence-electron chi connectivity index (χ2n) is 4.65. The highest BCUT2D eigenvalue weighted by Gasteiger charge is 2.20. The van der Waals surface area contributed by atoms with Crippen LogP contribution in [0, 0.1) is 11.3 Å². The second-order valence-corrected chi connectivity index (χ2v) is 6.99. The molecule has 3 aromatic rings. The van der Waals surface area contributed by atoms with Crippen LogP contribution in [0.2, 0.25) is 0 Å². The van der Waals surface area contributed by atoms with Crippen molar-refractivity contribution >= 4 is 38.9 Å². The maximum Gasteiger partial charge on any atom is 0.188 e. The lowest BCUT2D eigenvalue weighted by Gasteiger charge is -2.10. The molecule has 7 heteroatoms. The molecular weight excluding hydrogens is 328 g/mol. The van der Waals surface area contributed by atoms with Gasteiger partial charge in [-0.25, -0.2) is 15.0 Å². The third kappa shape index (κ3) is 3.33. The van der Waals surface area contributed by atoms with Gasteiger partial charge in [0.1, 0.15) is 22.4 Å². The Kier molecular flexibility index (Phi) is 4.55. The highest BCUT2D eigenvalue weighted by atomic mass is 32.2. The van der Waals surface area contributed by atoms with Crippen LogP contribution in [0.4, 0.5) is 0 Å². The van der Waals surface area contributed by atoms with E-state index in [1.54, 1.807) is 25.4 Å². The zero-order valence-corrected chi connectivity index (χ0v) is 13.8. The zero-order chi connectivity index (χ0) is 16.2. The molecule has 1 atom stereocenters. The molecule has 0 fully saturated rings. The number of nitriles is 1. The second kappa shape index (κ2) is 6.77. The summed E-state index contributed by atoms with van der Waals surface area (Å²) in [6.07, 6.45) is 3.28. The van der Waals surface area contributed by atoms with Gasteiger partial charge >= 0.3 is 0 Å². The molecule has 3 rings (SSSR count). The van der Waals surface area contributed by atoms with Crippen LogP contribution < -0.4 is 0 Å². The van der Waals surface area contributed by atoms with Crippen LogP contribution in [0.15, 0.2) is 53.6 Å². The predicted octanol–water partition coefficient (Wildman–Crippen LogP) is 4.06. The monoisotopic (exact) mass is 340 g/mol. The normalized spacial score (nSPS) is 13.4. The molecule has 0 spiro atoms. The molecule has 0 aliphatic rings. The number of para-hydroxylation sites is 1. The Bertz CT molecular complexity index is 866. The van der Waals surface area contributed by atoms with Crippen molar-refractivity contribution < 1.29 is 5.11 Å². The minimum atomic E-state index is -0.348. The lowest BCUT2D eigenvalue weighted by molar-refractivity contribution is 0.402. The molecule has 114 valence electrons. The van der Waals surface area contributed by atoms with Gasteiger partial charge in [0.15, 0.2) is 5.16 Å². The largest absolute Gasteiger partial charge is 0.510 e. The first-order valence-corrected chi connectivity index (χ1v) is 8.51. The van der Waals surface area contributed by atoms with E-state index in [0.29, 0.717) is 10.2 Å². The molecule has 0 saturated heterocycles. The van der Waals surface area contributed by atoms with Gasteiger partial charge in [0, 0.05) is 12.4 Å². The molecule has 0 saturated carbocycles. The Morgan fingerprint density at radius 1 is 1.26 bits per heavy atom. The number of aliphatic hydroxyl groups excluding tert-OH is 1. The number of nitrogens with zero attached hydrogens (tertiary/aromatic N) is 4. The molecule has 2 heterocycles. The number of fused-ring (bicyclic) bond motifs is 1. The molecule has 23 heavy (non-hydrogen) atoms. The van der Waals surface area contributed by atoms with E-state index in [1.807, 2.05) is 24.3 Å². The molecule has 1 unspecified atom stereocenters. The zero-order valence-electron chi connectivity index (χ0n) is 12.2. The van der Waals surface area contributed by atoms with Crippen LogP contribution in [-0.2, 0) is 0 Å². The molecular formula is C16H12N4OS2. The van der Waals surface area contributed by atoms with Crippen LogP contribution in [0.5, 0.6) is 0 Å². The molecule has 0 bridgehead atoms. The minimum Gasteiger partial charge on any atom is -0.510 e. The van der Waals surface area contributed by atoms with Gasteiger partial charge in [-0.3, -0.25) is 0 Å². The highest BCUT2D eigenvalue weighted by Crippen LogP contribution is 2.32. The van der Waals surface area contributed by atoms with Crippen molar-refractivity contribution in [1.82, 2.24) is 15.0 Å². The van der Waals surface area contributed by atoms with Gasteiger partial charge in [-0.05, 0) is 25.1 Å². The topological polar surface area (TPSA) is 82.7 Å². The maximum atomic E-state index is 10.5. The van der Waals surface area contributed by atoms with Gasteiger partial charge in [-0.15, -0.1) is 11.3 Å². The van der Waals surface area contributed by atoms with Crippen molar-refractivity contribution in [3.63, 3.8) is 0 Å². The molecule has 0 aliphatic carbocycles. The summed E-state index contributed by atoms with van der Waals surface area (Å²) >= 11 is 2.68. The Balaban J connectivity index is 1.94. The molecule has 0 radical (unpaired) electrons. The fourth-order valence-corrected chi connectivity index (χ4v) is 3.72. The lowest BCUT2D eigenvalue weighted by atomic mass is 10.2. The summed E-state index contributed by atoms with van der Waals surface area (Å²) in [5.74, 6) is -0.0102. The van der Waals surface area contributed by atoms with E-state index in [9.17, 15) is 10.4 Å². The minimum absolute atomic E-state index is 0.0102. The van der Waals surface area contributed by atoms with Crippen LogP contribution in [-0.4, -0.2) is 25.3 Å². The number of aromatic nitrogens is 3. The van der Waals surface area contributed by atoms with Gasteiger partial charge in [0.2, 0.25) is 0 Å². The number of hydrogen-bond donors (Lipinski definition) is 1. The Labute approximate surface area is 141 Å².